The van der Waals surface area contributed by atoms with Crippen LogP contribution in [0.4, 0.5) is 9.59 Å². The number of amides is 3. The molecule has 0 heterocycles. The van der Waals surface area contributed by atoms with Crippen LogP contribution < -0.4 is 11.1 Å². The maximum Gasteiger partial charge on any atom is 0.413 e. The summed E-state index contributed by atoms with van der Waals surface area (Å²) in [5.74, 6) is -1.43. The highest BCUT2D eigenvalue weighted by atomic mass is 16.6. The van der Waals surface area contributed by atoms with E-state index in [1.165, 1.54) is 0 Å². The third-order valence-corrected chi connectivity index (χ3v) is 2.48. The van der Waals surface area contributed by atoms with Crippen molar-refractivity contribution in [3.63, 3.8) is 0 Å². The molecule has 1 unspecified atom stereocenters. The van der Waals surface area contributed by atoms with Gasteiger partial charge >= 0.3 is 12.2 Å². The molecule has 0 saturated heterocycles. The number of nitrogens with one attached hydrogen (secondary N) is 1. The van der Waals surface area contributed by atoms with Crippen LogP contribution in [0.3, 0.4) is 0 Å². The van der Waals surface area contributed by atoms with Crippen LogP contribution in [0.25, 0.3) is 0 Å². The number of carbonyl (C=O) groups is 4. The van der Waals surface area contributed by atoms with Crippen molar-refractivity contribution in [2.75, 3.05) is 6.61 Å². The molecule has 1 atom stereocenters. The minimum Gasteiger partial charge on any atom is -0.449 e. The van der Waals surface area contributed by atoms with Gasteiger partial charge in [0.15, 0.2) is 11.9 Å². The first-order valence-electron chi connectivity index (χ1n) is 6.86. The number of carbonyl (C=O) groups excluding carboxylic acids is 4. The first-order chi connectivity index (χ1) is 9.90. The van der Waals surface area contributed by atoms with Gasteiger partial charge in [0, 0.05) is 0 Å². The van der Waals surface area contributed by atoms with Crippen molar-refractivity contribution >= 4 is 23.9 Å². The number of primary amides is 1. The summed E-state index contributed by atoms with van der Waals surface area (Å²) in [6.07, 6.45) is -1.27. The van der Waals surface area contributed by atoms with Crippen LogP contribution >= 0.6 is 0 Å². The second-order valence-electron chi connectivity index (χ2n) is 4.39. The third-order valence-electron chi connectivity index (χ3n) is 2.48. The molecule has 3 amide bonds. The molecule has 0 bridgehead atoms. The van der Waals surface area contributed by atoms with E-state index in [0.717, 1.165) is 6.42 Å². The number of Topliss-reactive ketones (excluding diaryl/α,β-unsaturated/α-hetero) is 1. The molecule has 0 fully saturated rings. The summed E-state index contributed by atoms with van der Waals surface area (Å²) in [4.78, 5) is 45.1. The van der Waals surface area contributed by atoms with Crippen molar-refractivity contribution in [2.24, 2.45) is 5.73 Å². The highest BCUT2D eigenvalue weighted by Gasteiger charge is 2.24. The topological polar surface area (TPSA) is 125 Å². The van der Waals surface area contributed by atoms with Gasteiger partial charge in [0.25, 0.3) is 0 Å². The van der Waals surface area contributed by atoms with Gasteiger partial charge in [-0.2, -0.15) is 0 Å². The van der Waals surface area contributed by atoms with Gasteiger partial charge < -0.3 is 15.2 Å². The summed E-state index contributed by atoms with van der Waals surface area (Å²) >= 11 is 0. The van der Waals surface area contributed by atoms with Crippen molar-refractivity contribution in [1.82, 2.24) is 5.32 Å². The van der Waals surface area contributed by atoms with Gasteiger partial charge in [-0.05, 0) is 12.8 Å². The van der Waals surface area contributed by atoms with Gasteiger partial charge in [0.05, 0.1) is 13.0 Å². The molecule has 0 aliphatic carbocycles. The first-order valence-corrected chi connectivity index (χ1v) is 6.86. The monoisotopic (exact) mass is 302 g/mol. The quantitative estimate of drug-likeness (QED) is 0.488. The molecule has 0 spiro atoms. The Balaban J connectivity index is 4.24. The molecule has 0 aromatic heterocycles. The molecular formula is C13H22N2O6. The summed E-state index contributed by atoms with van der Waals surface area (Å²) in [5, 5.41) is 1.93. The number of alkyl carbamates (subject to hydrolysis) is 1. The highest BCUT2D eigenvalue weighted by Crippen LogP contribution is 2.06. The molecule has 0 aromatic carbocycles. The lowest BCUT2D eigenvalue weighted by Crippen LogP contribution is -2.37. The van der Waals surface area contributed by atoms with Crippen molar-refractivity contribution in [1.29, 1.82) is 0 Å². The number of imide groups is 1. The number of hydrogen-bond donors (Lipinski definition) is 2. The smallest absolute Gasteiger partial charge is 0.413 e. The minimum absolute atomic E-state index is 0.201. The lowest BCUT2D eigenvalue weighted by Gasteiger charge is -2.14. The summed E-state index contributed by atoms with van der Waals surface area (Å²) in [6, 6.07) is 0. The summed E-state index contributed by atoms with van der Waals surface area (Å²) < 4.78 is 9.35. The number of ketones is 1. The van der Waals surface area contributed by atoms with Gasteiger partial charge in [0.1, 0.15) is 0 Å². The zero-order valence-corrected chi connectivity index (χ0v) is 12.3. The lowest BCUT2D eigenvalue weighted by atomic mass is 10.1. The van der Waals surface area contributed by atoms with Crippen LogP contribution in [0.2, 0.25) is 0 Å². The molecule has 0 aliphatic rings. The summed E-state index contributed by atoms with van der Waals surface area (Å²) in [6.45, 7) is 3.92. The maximum atomic E-state index is 11.8. The van der Waals surface area contributed by atoms with Crippen molar-refractivity contribution in [2.45, 2.75) is 52.1 Å². The zero-order valence-electron chi connectivity index (χ0n) is 12.3. The fourth-order valence-electron chi connectivity index (χ4n) is 1.46. The second kappa shape index (κ2) is 10.6. The van der Waals surface area contributed by atoms with E-state index in [-0.39, 0.29) is 13.0 Å². The number of rotatable bonds is 9. The van der Waals surface area contributed by atoms with Crippen molar-refractivity contribution < 1.29 is 28.7 Å². The Labute approximate surface area is 123 Å². The Morgan fingerprint density at radius 1 is 1.14 bits per heavy atom. The van der Waals surface area contributed by atoms with Crippen LogP contribution in [-0.4, -0.2) is 36.6 Å². The maximum absolute atomic E-state index is 11.8. The highest BCUT2D eigenvalue weighted by molar-refractivity contribution is 6.05. The molecule has 0 saturated carbocycles. The number of nitrogens with two attached hydrogens (primary N) is 1. The fourth-order valence-corrected chi connectivity index (χ4v) is 1.46. The van der Waals surface area contributed by atoms with Crippen LogP contribution in [0.15, 0.2) is 0 Å². The average Bonchev–Trinajstić information content (AvgIpc) is 2.37. The Hall–Kier alpha value is -2.12. The Kier molecular flexibility index (Phi) is 9.57. The molecule has 0 aliphatic heterocycles. The van der Waals surface area contributed by atoms with E-state index >= 15 is 0 Å². The van der Waals surface area contributed by atoms with E-state index in [2.05, 4.69) is 4.74 Å². The van der Waals surface area contributed by atoms with Gasteiger partial charge in [0.2, 0.25) is 5.91 Å². The predicted octanol–water partition coefficient (Wildman–Crippen LogP) is 1.26. The molecule has 8 nitrogen and oxygen atoms in total. The van der Waals surface area contributed by atoms with E-state index in [9.17, 15) is 19.2 Å². The SMILES string of the molecule is CCCCOC(=O)NC(=O)CC(=O)C(CCC)OC(N)=O. The predicted molar refractivity (Wildman–Crippen MR) is 73.4 cm³/mol. The summed E-state index contributed by atoms with van der Waals surface area (Å²) in [7, 11) is 0. The van der Waals surface area contributed by atoms with Gasteiger partial charge in [-0.25, -0.2) is 9.59 Å². The van der Waals surface area contributed by atoms with E-state index in [1.807, 2.05) is 12.2 Å². The Morgan fingerprint density at radius 2 is 1.81 bits per heavy atom. The molecule has 21 heavy (non-hydrogen) atoms. The number of ether oxygens (including phenoxy) is 2. The molecule has 3 N–H and O–H groups in total. The largest absolute Gasteiger partial charge is 0.449 e. The Morgan fingerprint density at radius 3 is 2.33 bits per heavy atom. The van der Waals surface area contributed by atoms with Crippen molar-refractivity contribution in [3.05, 3.63) is 0 Å². The van der Waals surface area contributed by atoms with Gasteiger partial charge in [-0.15, -0.1) is 0 Å². The van der Waals surface area contributed by atoms with E-state index in [1.54, 1.807) is 6.92 Å². The van der Waals surface area contributed by atoms with E-state index < -0.39 is 36.4 Å². The van der Waals surface area contributed by atoms with E-state index in [4.69, 9.17) is 10.5 Å². The molecular weight excluding hydrogens is 280 g/mol. The minimum atomic E-state index is -1.08. The van der Waals surface area contributed by atoms with Crippen LogP contribution in [0.1, 0.15) is 46.0 Å². The normalized spacial score (nSPS) is 11.3. The summed E-state index contributed by atoms with van der Waals surface area (Å²) in [5.41, 5.74) is 4.85. The van der Waals surface area contributed by atoms with E-state index in [0.29, 0.717) is 12.8 Å². The molecule has 0 radical (unpaired) electrons. The van der Waals surface area contributed by atoms with Crippen LogP contribution in [0.5, 0.6) is 0 Å². The standard InChI is InChI=1S/C13H22N2O6/c1-3-5-7-20-13(19)15-11(17)8-9(16)10(6-4-2)21-12(14)18/h10H,3-8H2,1-2H3,(H2,14,18)(H,15,17,19). The first kappa shape index (κ1) is 18.9. The van der Waals surface area contributed by atoms with Crippen LogP contribution in [0, 0.1) is 0 Å². The Bertz CT molecular complexity index is 383. The number of unbranched alkanes of at least 4 members (excludes halogenated alkanes) is 1. The molecule has 8 heteroatoms. The van der Waals surface area contributed by atoms with Crippen molar-refractivity contribution in [3.8, 4) is 0 Å². The molecule has 0 aromatic rings. The number of hydrogen-bond acceptors (Lipinski definition) is 6. The average molecular weight is 302 g/mol. The zero-order chi connectivity index (χ0) is 16.3. The third kappa shape index (κ3) is 9.42. The van der Waals surface area contributed by atoms with Crippen LogP contribution in [-0.2, 0) is 19.1 Å². The van der Waals surface area contributed by atoms with Gasteiger partial charge in [-0.3, -0.25) is 14.9 Å². The van der Waals surface area contributed by atoms with Gasteiger partial charge in [-0.1, -0.05) is 26.7 Å². The lowest BCUT2D eigenvalue weighted by molar-refractivity contribution is -0.133. The fraction of sp³-hybridized carbons (Fsp3) is 0.692. The molecule has 120 valence electrons. The second-order valence-corrected chi connectivity index (χ2v) is 4.39. The molecule has 0 rings (SSSR count).